The van der Waals surface area contributed by atoms with E-state index >= 15 is 0 Å². The summed E-state index contributed by atoms with van der Waals surface area (Å²) in [6.45, 7) is 7.58. The zero-order valence-electron chi connectivity index (χ0n) is 13.6. The molecule has 0 radical (unpaired) electrons. The largest absolute Gasteiger partial charge is 0.491 e. The zero-order chi connectivity index (χ0) is 14.8. The van der Waals surface area contributed by atoms with Crippen LogP contribution in [0.25, 0.3) is 0 Å². The Morgan fingerprint density at radius 2 is 1.86 bits per heavy atom. The fraction of sp³-hybridized carbons (Fsp3) is 0.684. The number of fused-ring (bicyclic) bond motifs is 2. The molecule has 4 atom stereocenters. The summed E-state index contributed by atoms with van der Waals surface area (Å²) in [5.74, 6) is 3.95. The molecule has 116 valence electrons. The van der Waals surface area contributed by atoms with E-state index in [1.54, 1.807) is 0 Å². The van der Waals surface area contributed by atoms with Crippen molar-refractivity contribution in [1.29, 1.82) is 0 Å². The molecule has 4 unspecified atom stereocenters. The van der Waals surface area contributed by atoms with E-state index < -0.39 is 0 Å². The minimum absolute atomic E-state index is 0.240. The van der Waals surface area contributed by atoms with Gasteiger partial charge >= 0.3 is 0 Å². The predicted molar refractivity (Wildman–Crippen MR) is 87.6 cm³/mol. The molecule has 0 amide bonds. The summed E-state index contributed by atoms with van der Waals surface area (Å²) in [5.41, 5.74) is 1.36. The standard InChI is InChI=1S/C19H29NO/c1-13(2)21-19-8-6-16(7-9-19)14(3)20-12-18-11-15-4-5-17(18)10-15/h6-9,13-15,17-18,20H,4-5,10-12H2,1-3H3. The van der Waals surface area contributed by atoms with Crippen LogP contribution in [-0.4, -0.2) is 12.6 Å². The highest BCUT2D eigenvalue weighted by Gasteiger charge is 2.39. The highest BCUT2D eigenvalue weighted by Crippen LogP contribution is 2.48. The minimum atomic E-state index is 0.240. The average molecular weight is 287 g/mol. The van der Waals surface area contributed by atoms with Gasteiger partial charge in [0.15, 0.2) is 0 Å². The summed E-state index contributed by atoms with van der Waals surface area (Å²) >= 11 is 0. The summed E-state index contributed by atoms with van der Waals surface area (Å²) in [4.78, 5) is 0. The topological polar surface area (TPSA) is 21.3 Å². The SMILES string of the molecule is CC(C)Oc1ccc(C(C)NCC2CC3CCC2C3)cc1. The van der Waals surface area contributed by atoms with Crippen molar-refractivity contribution in [3.8, 4) is 5.75 Å². The van der Waals surface area contributed by atoms with E-state index in [2.05, 4.69) is 50.4 Å². The highest BCUT2D eigenvalue weighted by molar-refractivity contribution is 5.29. The second kappa shape index (κ2) is 6.39. The Balaban J connectivity index is 1.49. The molecular weight excluding hydrogens is 258 g/mol. The summed E-state index contributed by atoms with van der Waals surface area (Å²) in [5, 5.41) is 3.75. The van der Waals surface area contributed by atoms with Gasteiger partial charge in [0.25, 0.3) is 0 Å². The molecular formula is C19H29NO. The fourth-order valence-electron chi connectivity index (χ4n) is 4.18. The van der Waals surface area contributed by atoms with Crippen LogP contribution >= 0.6 is 0 Å². The average Bonchev–Trinajstić information content (AvgIpc) is 3.07. The molecule has 2 nitrogen and oxygen atoms in total. The molecule has 2 bridgehead atoms. The number of hydrogen-bond donors (Lipinski definition) is 1. The van der Waals surface area contributed by atoms with Gasteiger partial charge in [-0.15, -0.1) is 0 Å². The van der Waals surface area contributed by atoms with Crippen LogP contribution in [0.3, 0.4) is 0 Å². The van der Waals surface area contributed by atoms with Gasteiger partial charge in [0, 0.05) is 6.04 Å². The first kappa shape index (κ1) is 14.9. The van der Waals surface area contributed by atoms with Crippen LogP contribution in [0.2, 0.25) is 0 Å². The first-order chi connectivity index (χ1) is 10.1. The van der Waals surface area contributed by atoms with Crippen molar-refractivity contribution in [2.75, 3.05) is 6.54 Å². The molecule has 1 N–H and O–H groups in total. The van der Waals surface area contributed by atoms with Gasteiger partial charge in [0.05, 0.1) is 6.10 Å². The predicted octanol–water partition coefficient (Wildman–Crippen LogP) is 4.56. The van der Waals surface area contributed by atoms with Crippen LogP contribution in [-0.2, 0) is 0 Å². The molecule has 0 spiro atoms. The maximum Gasteiger partial charge on any atom is 0.119 e. The molecule has 2 saturated carbocycles. The molecule has 3 rings (SSSR count). The van der Waals surface area contributed by atoms with Gasteiger partial charge in [0.1, 0.15) is 5.75 Å². The molecule has 0 heterocycles. The first-order valence-electron chi connectivity index (χ1n) is 8.62. The van der Waals surface area contributed by atoms with Crippen molar-refractivity contribution < 1.29 is 4.74 Å². The van der Waals surface area contributed by atoms with Crippen molar-refractivity contribution in [1.82, 2.24) is 5.32 Å². The molecule has 2 aliphatic rings. The molecule has 0 aliphatic heterocycles. The lowest BCUT2D eigenvalue weighted by Crippen LogP contribution is -2.28. The molecule has 1 aromatic rings. The van der Waals surface area contributed by atoms with Crippen molar-refractivity contribution in [3.05, 3.63) is 29.8 Å². The Morgan fingerprint density at radius 1 is 1.10 bits per heavy atom. The van der Waals surface area contributed by atoms with Crippen LogP contribution in [0.1, 0.15) is 58.1 Å². The van der Waals surface area contributed by atoms with E-state index in [1.165, 1.54) is 37.8 Å². The summed E-state index contributed by atoms with van der Waals surface area (Å²) in [6, 6.07) is 8.99. The lowest BCUT2D eigenvalue weighted by atomic mass is 9.88. The van der Waals surface area contributed by atoms with E-state index in [1.807, 2.05) is 0 Å². The monoisotopic (exact) mass is 287 g/mol. The first-order valence-corrected chi connectivity index (χ1v) is 8.62. The maximum atomic E-state index is 5.70. The minimum Gasteiger partial charge on any atom is -0.491 e. The van der Waals surface area contributed by atoms with E-state index in [0.29, 0.717) is 6.04 Å². The van der Waals surface area contributed by atoms with Crippen LogP contribution in [0.4, 0.5) is 0 Å². The summed E-state index contributed by atoms with van der Waals surface area (Å²) < 4.78 is 5.70. The van der Waals surface area contributed by atoms with Crippen molar-refractivity contribution in [3.63, 3.8) is 0 Å². The lowest BCUT2D eigenvalue weighted by Gasteiger charge is -2.24. The van der Waals surface area contributed by atoms with Crippen molar-refractivity contribution in [2.45, 2.75) is 58.6 Å². The zero-order valence-corrected chi connectivity index (χ0v) is 13.6. The molecule has 0 aromatic heterocycles. The fourth-order valence-corrected chi connectivity index (χ4v) is 4.18. The molecule has 2 fully saturated rings. The van der Waals surface area contributed by atoms with Gasteiger partial charge in [-0.2, -0.15) is 0 Å². The van der Waals surface area contributed by atoms with E-state index in [0.717, 1.165) is 23.5 Å². The smallest absolute Gasteiger partial charge is 0.119 e. The third-order valence-corrected chi connectivity index (χ3v) is 5.32. The van der Waals surface area contributed by atoms with Gasteiger partial charge in [-0.3, -0.25) is 0 Å². The third kappa shape index (κ3) is 3.60. The third-order valence-electron chi connectivity index (χ3n) is 5.32. The number of hydrogen-bond acceptors (Lipinski definition) is 2. The van der Waals surface area contributed by atoms with Crippen molar-refractivity contribution in [2.24, 2.45) is 17.8 Å². The van der Waals surface area contributed by atoms with Crippen LogP contribution in [0.5, 0.6) is 5.75 Å². The van der Waals surface area contributed by atoms with Gasteiger partial charge in [-0.1, -0.05) is 18.6 Å². The second-order valence-electron chi connectivity index (χ2n) is 7.30. The molecule has 0 saturated heterocycles. The number of ether oxygens (including phenoxy) is 1. The molecule has 2 aliphatic carbocycles. The Bertz CT molecular complexity index is 453. The van der Waals surface area contributed by atoms with Crippen LogP contribution < -0.4 is 10.1 Å². The van der Waals surface area contributed by atoms with Crippen molar-refractivity contribution >= 4 is 0 Å². The van der Waals surface area contributed by atoms with Gasteiger partial charge in [-0.05, 0) is 82.0 Å². The Labute approximate surface area is 129 Å². The normalized spacial score (nSPS) is 29.0. The highest BCUT2D eigenvalue weighted by atomic mass is 16.5. The Morgan fingerprint density at radius 3 is 2.43 bits per heavy atom. The number of benzene rings is 1. The quantitative estimate of drug-likeness (QED) is 0.828. The van der Waals surface area contributed by atoms with E-state index in [4.69, 9.17) is 4.74 Å². The van der Waals surface area contributed by atoms with Gasteiger partial charge < -0.3 is 10.1 Å². The van der Waals surface area contributed by atoms with E-state index in [-0.39, 0.29) is 6.10 Å². The van der Waals surface area contributed by atoms with E-state index in [9.17, 15) is 0 Å². The second-order valence-corrected chi connectivity index (χ2v) is 7.30. The molecule has 2 heteroatoms. The molecule has 21 heavy (non-hydrogen) atoms. The van der Waals surface area contributed by atoms with Gasteiger partial charge in [-0.25, -0.2) is 0 Å². The maximum absolute atomic E-state index is 5.70. The van der Waals surface area contributed by atoms with Crippen LogP contribution in [0, 0.1) is 17.8 Å². The van der Waals surface area contributed by atoms with Crippen LogP contribution in [0.15, 0.2) is 24.3 Å². The summed E-state index contributed by atoms with van der Waals surface area (Å²) in [7, 11) is 0. The Hall–Kier alpha value is -1.02. The number of rotatable bonds is 6. The lowest BCUT2D eigenvalue weighted by molar-refractivity contribution is 0.242. The molecule has 1 aromatic carbocycles. The summed E-state index contributed by atoms with van der Waals surface area (Å²) in [6.07, 6.45) is 6.18. The number of nitrogens with one attached hydrogen (secondary N) is 1. The van der Waals surface area contributed by atoms with Gasteiger partial charge in [0.2, 0.25) is 0 Å². The Kier molecular flexibility index (Phi) is 4.54.